The van der Waals surface area contributed by atoms with E-state index in [1.165, 1.54) is 0 Å². The standard InChI is InChI=1S/C11H15ClN2O/c1-15-9-5-7-14(8-6-9)11-4-2-3-10(12)13-11/h2-4,9H,5-8H2,1H3. The highest BCUT2D eigenvalue weighted by Gasteiger charge is 2.19. The van der Waals surface area contributed by atoms with Gasteiger partial charge in [-0.15, -0.1) is 0 Å². The second kappa shape index (κ2) is 4.81. The van der Waals surface area contributed by atoms with Gasteiger partial charge in [0.15, 0.2) is 0 Å². The van der Waals surface area contributed by atoms with E-state index in [9.17, 15) is 0 Å². The third-order valence-corrected chi connectivity index (χ3v) is 3.01. The van der Waals surface area contributed by atoms with Gasteiger partial charge in [-0.2, -0.15) is 0 Å². The summed E-state index contributed by atoms with van der Waals surface area (Å²) in [7, 11) is 1.78. The number of rotatable bonds is 2. The molecule has 0 radical (unpaired) electrons. The van der Waals surface area contributed by atoms with Crippen molar-refractivity contribution in [1.82, 2.24) is 4.98 Å². The van der Waals surface area contributed by atoms with Crippen molar-refractivity contribution in [3.8, 4) is 0 Å². The molecule has 15 heavy (non-hydrogen) atoms. The van der Waals surface area contributed by atoms with E-state index in [-0.39, 0.29) is 0 Å². The summed E-state index contributed by atoms with van der Waals surface area (Å²) in [5.74, 6) is 0.969. The van der Waals surface area contributed by atoms with Gasteiger partial charge < -0.3 is 9.64 Å². The van der Waals surface area contributed by atoms with Crippen LogP contribution in [0.15, 0.2) is 18.2 Å². The highest BCUT2D eigenvalue weighted by molar-refractivity contribution is 6.29. The summed E-state index contributed by atoms with van der Waals surface area (Å²) < 4.78 is 5.33. The van der Waals surface area contributed by atoms with Crippen LogP contribution in [0.1, 0.15) is 12.8 Å². The Morgan fingerprint density at radius 2 is 2.13 bits per heavy atom. The molecule has 0 saturated carbocycles. The van der Waals surface area contributed by atoms with Gasteiger partial charge in [-0.1, -0.05) is 17.7 Å². The van der Waals surface area contributed by atoms with Crippen molar-refractivity contribution >= 4 is 17.4 Å². The van der Waals surface area contributed by atoms with Crippen molar-refractivity contribution in [3.05, 3.63) is 23.4 Å². The molecule has 0 aromatic carbocycles. The minimum absolute atomic E-state index is 0.403. The van der Waals surface area contributed by atoms with E-state index in [2.05, 4.69) is 9.88 Å². The number of hydrogen-bond donors (Lipinski definition) is 0. The fraction of sp³-hybridized carbons (Fsp3) is 0.545. The van der Waals surface area contributed by atoms with Gasteiger partial charge in [0, 0.05) is 20.2 Å². The van der Waals surface area contributed by atoms with E-state index in [1.54, 1.807) is 13.2 Å². The first-order chi connectivity index (χ1) is 7.29. The molecule has 0 aliphatic carbocycles. The van der Waals surface area contributed by atoms with Crippen molar-refractivity contribution in [2.45, 2.75) is 18.9 Å². The Bertz CT molecular complexity index is 324. The Morgan fingerprint density at radius 3 is 2.73 bits per heavy atom. The van der Waals surface area contributed by atoms with Gasteiger partial charge >= 0.3 is 0 Å². The first-order valence-electron chi connectivity index (χ1n) is 5.20. The van der Waals surface area contributed by atoms with E-state index in [1.807, 2.05) is 12.1 Å². The minimum atomic E-state index is 0.403. The summed E-state index contributed by atoms with van der Waals surface area (Å²) in [4.78, 5) is 6.55. The number of pyridine rings is 1. The molecule has 0 N–H and O–H groups in total. The second-order valence-electron chi connectivity index (χ2n) is 3.74. The lowest BCUT2D eigenvalue weighted by Crippen LogP contribution is -2.37. The molecule has 0 spiro atoms. The lowest BCUT2D eigenvalue weighted by Gasteiger charge is -2.32. The number of anilines is 1. The molecule has 2 heterocycles. The average molecular weight is 227 g/mol. The van der Waals surface area contributed by atoms with Gasteiger partial charge in [0.1, 0.15) is 11.0 Å². The molecular weight excluding hydrogens is 212 g/mol. The quantitative estimate of drug-likeness (QED) is 0.724. The van der Waals surface area contributed by atoms with Crippen LogP contribution in [0.2, 0.25) is 5.15 Å². The zero-order valence-corrected chi connectivity index (χ0v) is 9.57. The van der Waals surface area contributed by atoms with Crippen LogP contribution in [0, 0.1) is 0 Å². The van der Waals surface area contributed by atoms with Gasteiger partial charge in [0.2, 0.25) is 0 Å². The lowest BCUT2D eigenvalue weighted by atomic mass is 10.1. The maximum atomic E-state index is 5.86. The number of ether oxygens (including phenoxy) is 1. The summed E-state index contributed by atoms with van der Waals surface area (Å²) in [6, 6.07) is 5.74. The first kappa shape index (κ1) is 10.7. The monoisotopic (exact) mass is 226 g/mol. The third kappa shape index (κ3) is 2.61. The number of halogens is 1. The Kier molecular flexibility index (Phi) is 3.44. The smallest absolute Gasteiger partial charge is 0.131 e. The molecule has 1 aliphatic rings. The van der Waals surface area contributed by atoms with Crippen LogP contribution < -0.4 is 4.90 Å². The fourth-order valence-electron chi connectivity index (χ4n) is 1.89. The average Bonchev–Trinajstić information content (AvgIpc) is 2.29. The number of hydrogen-bond acceptors (Lipinski definition) is 3. The topological polar surface area (TPSA) is 25.4 Å². The summed E-state index contributed by atoms with van der Waals surface area (Å²) in [6.07, 6.45) is 2.52. The molecule has 0 amide bonds. The Balaban J connectivity index is 2.01. The maximum Gasteiger partial charge on any atom is 0.131 e. The Labute approximate surface area is 95.0 Å². The number of aromatic nitrogens is 1. The van der Waals surface area contributed by atoms with E-state index < -0.39 is 0 Å². The molecule has 82 valence electrons. The summed E-state index contributed by atoms with van der Waals surface area (Å²) in [5.41, 5.74) is 0. The molecule has 1 aromatic rings. The molecule has 0 unspecified atom stereocenters. The summed E-state index contributed by atoms with van der Waals surface area (Å²) >= 11 is 5.86. The fourth-order valence-corrected chi connectivity index (χ4v) is 2.05. The number of nitrogens with zero attached hydrogens (tertiary/aromatic N) is 2. The lowest BCUT2D eigenvalue weighted by molar-refractivity contribution is 0.0818. The van der Waals surface area contributed by atoms with E-state index in [0.717, 1.165) is 31.7 Å². The molecular formula is C11H15ClN2O. The molecule has 3 nitrogen and oxygen atoms in total. The second-order valence-corrected chi connectivity index (χ2v) is 4.13. The molecule has 4 heteroatoms. The molecule has 1 saturated heterocycles. The van der Waals surface area contributed by atoms with Gasteiger partial charge in [0.05, 0.1) is 6.10 Å². The SMILES string of the molecule is COC1CCN(c2cccc(Cl)n2)CC1. The van der Waals surface area contributed by atoms with Gasteiger partial charge in [-0.05, 0) is 25.0 Å². The zero-order chi connectivity index (χ0) is 10.7. The minimum Gasteiger partial charge on any atom is -0.381 e. The maximum absolute atomic E-state index is 5.86. The highest BCUT2D eigenvalue weighted by Crippen LogP contribution is 2.20. The van der Waals surface area contributed by atoms with Crippen LogP contribution in [-0.2, 0) is 4.74 Å². The van der Waals surface area contributed by atoms with Crippen molar-refractivity contribution in [2.24, 2.45) is 0 Å². The van der Waals surface area contributed by atoms with Gasteiger partial charge in [-0.3, -0.25) is 0 Å². The number of piperidine rings is 1. The van der Waals surface area contributed by atoms with Crippen LogP contribution in [0.4, 0.5) is 5.82 Å². The molecule has 0 bridgehead atoms. The zero-order valence-electron chi connectivity index (χ0n) is 8.82. The van der Waals surface area contributed by atoms with E-state index >= 15 is 0 Å². The highest BCUT2D eigenvalue weighted by atomic mass is 35.5. The molecule has 1 fully saturated rings. The van der Waals surface area contributed by atoms with Crippen molar-refractivity contribution in [3.63, 3.8) is 0 Å². The Morgan fingerprint density at radius 1 is 1.40 bits per heavy atom. The molecule has 2 rings (SSSR count). The third-order valence-electron chi connectivity index (χ3n) is 2.80. The van der Waals surface area contributed by atoms with Crippen molar-refractivity contribution in [1.29, 1.82) is 0 Å². The van der Waals surface area contributed by atoms with Crippen LogP contribution in [0.25, 0.3) is 0 Å². The van der Waals surface area contributed by atoms with Crippen LogP contribution in [0.5, 0.6) is 0 Å². The predicted octanol–water partition coefficient (Wildman–Crippen LogP) is 2.35. The molecule has 0 atom stereocenters. The van der Waals surface area contributed by atoms with Crippen LogP contribution in [0.3, 0.4) is 0 Å². The largest absolute Gasteiger partial charge is 0.381 e. The summed E-state index contributed by atoms with van der Waals surface area (Å²) in [6.45, 7) is 1.98. The van der Waals surface area contributed by atoms with Crippen molar-refractivity contribution in [2.75, 3.05) is 25.1 Å². The van der Waals surface area contributed by atoms with Crippen molar-refractivity contribution < 1.29 is 4.74 Å². The first-order valence-corrected chi connectivity index (χ1v) is 5.57. The van der Waals surface area contributed by atoms with E-state index in [4.69, 9.17) is 16.3 Å². The van der Waals surface area contributed by atoms with Gasteiger partial charge in [-0.25, -0.2) is 4.98 Å². The predicted molar refractivity (Wildman–Crippen MR) is 61.5 cm³/mol. The van der Waals surface area contributed by atoms with Crippen LogP contribution in [-0.4, -0.2) is 31.3 Å². The normalized spacial score (nSPS) is 18.1. The Hall–Kier alpha value is -0.800. The summed E-state index contributed by atoms with van der Waals surface area (Å²) in [5, 5.41) is 0.557. The van der Waals surface area contributed by atoms with Gasteiger partial charge in [0.25, 0.3) is 0 Å². The molecule has 1 aliphatic heterocycles. The number of methoxy groups -OCH3 is 1. The van der Waals surface area contributed by atoms with E-state index in [0.29, 0.717) is 11.3 Å². The molecule has 1 aromatic heterocycles. The van der Waals surface area contributed by atoms with Crippen LogP contribution >= 0.6 is 11.6 Å².